The van der Waals surface area contributed by atoms with Crippen LogP contribution in [0, 0.1) is 5.92 Å². The summed E-state index contributed by atoms with van der Waals surface area (Å²) in [5.74, 6) is 2.24. The standard InChI is InChI=1S/C19H28N2O2S/c1-4-24(22,23)16-10-11-18-17(12-16)20-19(14(2)3)21(18)13-15-8-6-5-7-9-15/h10-12,14-15H,4-9,13H2,1-3H3. The summed E-state index contributed by atoms with van der Waals surface area (Å²) in [6.45, 7) is 7.00. The van der Waals surface area contributed by atoms with Crippen LogP contribution in [0.1, 0.15) is 64.6 Å². The van der Waals surface area contributed by atoms with Gasteiger partial charge in [-0.3, -0.25) is 0 Å². The number of hydrogen-bond acceptors (Lipinski definition) is 3. The molecule has 1 aliphatic carbocycles. The Hall–Kier alpha value is -1.36. The molecule has 0 atom stereocenters. The molecule has 1 aromatic carbocycles. The fourth-order valence-corrected chi connectivity index (χ4v) is 4.65. The molecule has 1 aromatic heterocycles. The van der Waals surface area contributed by atoms with Crippen molar-refractivity contribution in [1.82, 2.24) is 9.55 Å². The van der Waals surface area contributed by atoms with E-state index in [1.807, 2.05) is 6.07 Å². The molecular weight excluding hydrogens is 320 g/mol. The lowest BCUT2D eigenvalue weighted by atomic mass is 9.89. The van der Waals surface area contributed by atoms with Gasteiger partial charge in [0.15, 0.2) is 9.84 Å². The molecule has 0 unspecified atom stereocenters. The molecule has 24 heavy (non-hydrogen) atoms. The van der Waals surface area contributed by atoms with Crippen molar-refractivity contribution < 1.29 is 8.42 Å². The molecule has 0 radical (unpaired) electrons. The van der Waals surface area contributed by atoms with Crippen LogP contribution in [0.2, 0.25) is 0 Å². The van der Waals surface area contributed by atoms with Gasteiger partial charge >= 0.3 is 0 Å². The van der Waals surface area contributed by atoms with Crippen LogP contribution >= 0.6 is 0 Å². The Balaban J connectivity index is 2.04. The van der Waals surface area contributed by atoms with Gasteiger partial charge in [-0.15, -0.1) is 0 Å². The van der Waals surface area contributed by atoms with E-state index in [4.69, 9.17) is 4.98 Å². The first-order chi connectivity index (χ1) is 11.4. The molecule has 3 rings (SSSR count). The van der Waals surface area contributed by atoms with Gasteiger partial charge in [-0.25, -0.2) is 13.4 Å². The van der Waals surface area contributed by atoms with Gasteiger partial charge in [-0.05, 0) is 37.0 Å². The van der Waals surface area contributed by atoms with Crippen LogP contribution < -0.4 is 0 Å². The predicted octanol–water partition coefficient (Wildman–Crippen LogP) is 4.53. The lowest BCUT2D eigenvalue weighted by molar-refractivity contribution is 0.318. The van der Waals surface area contributed by atoms with Gasteiger partial charge in [0.2, 0.25) is 0 Å². The zero-order valence-electron chi connectivity index (χ0n) is 15.0. The van der Waals surface area contributed by atoms with Crippen LogP contribution in [-0.2, 0) is 16.4 Å². The molecule has 0 saturated heterocycles. The van der Waals surface area contributed by atoms with Crippen molar-refractivity contribution in [3.05, 3.63) is 24.0 Å². The number of hydrogen-bond donors (Lipinski definition) is 0. The third-order valence-corrected chi connectivity index (χ3v) is 6.90. The Bertz CT molecular complexity index is 815. The third-order valence-electron chi connectivity index (χ3n) is 5.17. The smallest absolute Gasteiger partial charge is 0.178 e. The number of nitrogens with zero attached hydrogens (tertiary/aromatic N) is 2. The highest BCUT2D eigenvalue weighted by Crippen LogP contribution is 2.30. The molecule has 5 heteroatoms. The fourth-order valence-electron chi connectivity index (χ4n) is 3.75. The molecule has 2 aromatic rings. The average molecular weight is 349 g/mol. The van der Waals surface area contributed by atoms with Crippen molar-refractivity contribution in [3.8, 4) is 0 Å². The molecule has 0 aliphatic heterocycles. The van der Waals surface area contributed by atoms with Gasteiger partial charge in [0, 0.05) is 12.5 Å². The minimum Gasteiger partial charge on any atom is -0.327 e. The van der Waals surface area contributed by atoms with Crippen molar-refractivity contribution in [3.63, 3.8) is 0 Å². The van der Waals surface area contributed by atoms with E-state index in [-0.39, 0.29) is 5.75 Å². The Morgan fingerprint density at radius 2 is 1.92 bits per heavy atom. The van der Waals surface area contributed by atoms with E-state index in [1.165, 1.54) is 32.1 Å². The Morgan fingerprint density at radius 1 is 1.21 bits per heavy atom. The largest absolute Gasteiger partial charge is 0.327 e. The second kappa shape index (κ2) is 6.87. The highest BCUT2D eigenvalue weighted by Gasteiger charge is 2.21. The summed E-state index contributed by atoms with van der Waals surface area (Å²) in [6.07, 6.45) is 6.59. The van der Waals surface area contributed by atoms with Crippen LogP contribution in [0.25, 0.3) is 11.0 Å². The number of aromatic nitrogens is 2. The Labute approximate surface area is 145 Å². The van der Waals surface area contributed by atoms with Crippen LogP contribution in [0.4, 0.5) is 0 Å². The summed E-state index contributed by atoms with van der Waals surface area (Å²) in [4.78, 5) is 5.17. The lowest BCUT2D eigenvalue weighted by Crippen LogP contribution is -2.16. The van der Waals surface area contributed by atoms with Gasteiger partial charge in [0.25, 0.3) is 0 Å². The molecule has 0 amide bonds. The summed E-state index contributed by atoms with van der Waals surface area (Å²) in [6, 6.07) is 5.43. The summed E-state index contributed by atoms with van der Waals surface area (Å²) >= 11 is 0. The van der Waals surface area contributed by atoms with Gasteiger partial charge in [0.1, 0.15) is 5.82 Å². The van der Waals surface area contributed by atoms with E-state index in [0.717, 1.165) is 23.4 Å². The molecule has 1 fully saturated rings. The first-order valence-electron chi connectivity index (χ1n) is 9.15. The van der Waals surface area contributed by atoms with Gasteiger partial charge < -0.3 is 4.57 Å². The molecule has 1 saturated carbocycles. The van der Waals surface area contributed by atoms with Crippen LogP contribution in [0.5, 0.6) is 0 Å². The highest BCUT2D eigenvalue weighted by atomic mass is 32.2. The molecule has 132 valence electrons. The zero-order valence-corrected chi connectivity index (χ0v) is 15.8. The van der Waals surface area contributed by atoms with Gasteiger partial charge in [-0.2, -0.15) is 0 Å². The molecule has 1 heterocycles. The molecule has 0 spiro atoms. The maximum Gasteiger partial charge on any atom is 0.178 e. The molecular formula is C19H28N2O2S. The van der Waals surface area contributed by atoms with E-state index in [2.05, 4.69) is 18.4 Å². The molecule has 0 bridgehead atoms. The van der Waals surface area contributed by atoms with E-state index in [1.54, 1.807) is 19.1 Å². The van der Waals surface area contributed by atoms with Crippen molar-refractivity contribution in [2.75, 3.05) is 5.75 Å². The first kappa shape index (κ1) is 17.5. The molecule has 0 N–H and O–H groups in total. The normalized spacial score (nSPS) is 17.0. The summed E-state index contributed by atoms with van der Waals surface area (Å²) in [5.41, 5.74) is 1.88. The zero-order chi connectivity index (χ0) is 17.3. The van der Waals surface area contributed by atoms with Crippen LogP contribution in [-0.4, -0.2) is 23.7 Å². The SMILES string of the molecule is CCS(=O)(=O)c1ccc2c(c1)nc(C(C)C)n2CC1CCCCC1. The highest BCUT2D eigenvalue weighted by molar-refractivity contribution is 7.91. The van der Waals surface area contributed by atoms with E-state index in [0.29, 0.717) is 16.7 Å². The van der Waals surface area contributed by atoms with Crippen molar-refractivity contribution in [2.45, 2.75) is 70.2 Å². The summed E-state index contributed by atoms with van der Waals surface area (Å²) in [5, 5.41) is 0. The quantitative estimate of drug-likeness (QED) is 0.797. The predicted molar refractivity (Wildman–Crippen MR) is 98.1 cm³/mol. The number of rotatable bonds is 5. The van der Waals surface area contributed by atoms with E-state index >= 15 is 0 Å². The Morgan fingerprint density at radius 3 is 2.54 bits per heavy atom. The van der Waals surface area contributed by atoms with Crippen molar-refractivity contribution >= 4 is 20.9 Å². The molecule has 1 aliphatic rings. The van der Waals surface area contributed by atoms with Gasteiger partial charge in [0.05, 0.1) is 21.7 Å². The van der Waals surface area contributed by atoms with Crippen LogP contribution in [0.15, 0.2) is 23.1 Å². The second-order valence-electron chi connectivity index (χ2n) is 7.29. The topological polar surface area (TPSA) is 52.0 Å². The first-order valence-corrected chi connectivity index (χ1v) is 10.8. The Kier molecular flexibility index (Phi) is 5.00. The third kappa shape index (κ3) is 3.37. The summed E-state index contributed by atoms with van der Waals surface area (Å²) in [7, 11) is -3.19. The van der Waals surface area contributed by atoms with E-state index in [9.17, 15) is 8.42 Å². The summed E-state index contributed by atoms with van der Waals surface area (Å²) < 4.78 is 26.6. The van der Waals surface area contributed by atoms with E-state index < -0.39 is 9.84 Å². The maximum absolute atomic E-state index is 12.2. The van der Waals surface area contributed by atoms with Crippen molar-refractivity contribution in [2.24, 2.45) is 5.92 Å². The average Bonchev–Trinajstić information content (AvgIpc) is 2.94. The maximum atomic E-state index is 12.2. The monoisotopic (exact) mass is 348 g/mol. The number of imidazole rings is 1. The second-order valence-corrected chi connectivity index (χ2v) is 9.57. The van der Waals surface area contributed by atoms with Gasteiger partial charge in [-0.1, -0.05) is 40.0 Å². The van der Waals surface area contributed by atoms with Crippen LogP contribution in [0.3, 0.4) is 0 Å². The number of fused-ring (bicyclic) bond motifs is 1. The minimum atomic E-state index is -3.19. The lowest BCUT2D eigenvalue weighted by Gasteiger charge is -2.23. The molecule has 4 nitrogen and oxygen atoms in total. The number of benzene rings is 1. The van der Waals surface area contributed by atoms with Crippen molar-refractivity contribution in [1.29, 1.82) is 0 Å². The fraction of sp³-hybridized carbons (Fsp3) is 0.632. The minimum absolute atomic E-state index is 0.123. The number of sulfone groups is 1.